The van der Waals surface area contributed by atoms with E-state index in [1.54, 1.807) is 0 Å². The van der Waals surface area contributed by atoms with Crippen LogP contribution in [0.3, 0.4) is 0 Å². The summed E-state index contributed by atoms with van der Waals surface area (Å²) < 4.78 is 9.60. The molecule has 4 aromatic rings. The molecule has 1 aliphatic carbocycles. The molecule has 1 saturated heterocycles. The largest absolute Gasteiger partial charge is 0.490 e. The van der Waals surface area contributed by atoms with Crippen molar-refractivity contribution in [1.82, 2.24) is 14.9 Å². The first kappa shape index (κ1) is 25.1. The number of rotatable bonds is 6. The van der Waals surface area contributed by atoms with Gasteiger partial charge in [-0.05, 0) is 118 Å². The fourth-order valence-electron chi connectivity index (χ4n) is 5.93. The Kier molecular flexibility index (Phi) is 6.97. The summed E-state index contributed by atoms with van der Waals surface area (Å²) in [5, 5.41) is 4.29. The molecular formula is C31H31BrN4OS. The maximum absolute atomic E-state index is 6.23. The molecule has 3 heterocycles. The predicted molar refractivity (Wildman–Crippen MR) is 160 cm³/mol. The summed E-state index contributed by atoms with van der Waals surface area (Å²) in [5.74, 6) is 0.921. The molecule has 2 fully saturated rings. The molecule has 1 aliphatic heterocycles. The first-order valence-electron chi connectivity index (χ1n) is 13.2. The van der Waals surface area contributed by atoms with Crippen LogP contribution in [-0.2, 0) is 0 Å². The summed E-state index contributed by atoms with van der Waals surface area (Å²) in [7, 11) is 0. The van der Waals surface area contributed by atoms with Crippen molar-refractivity contribution in [2.75, 3.05) is 4.90 Å². The highest BCUT2D eigenvalue weighted by Gasteiger charge is 2.42. The SMILES string of the molecule is Cc1cc([C@H]2[C@@H](c3ccccn3)NC(=S)N2c2ccc(OC3CCCC3)cc2)c(C)n1-c1cccc(Br)c1. The Bertz CT molecular complexity index is 1450. The lowest BCUT2D eigenvalue weighted by Gasteiger charge is -2.28. The number of benzene rings is 2. The van der Waals surface area contributed by atoms with Crippen molar-refractivity contribution >= 4 is 38.9 Å². The molecule has 0 bridgehead atoms. The van der Waals surface area contributed by atoms with Gasteiger partial charge in [-0.1, -0.05) is 28.1 Å². The highest BCUT2D eigenvalue weighted by molar-refractivity contribution is 9.10. The molecule has 5 nitrogen and oxygen atoms in total. The van der Waals surface area contributed by atoms with Crippen LogP contribution in [0.2, 0.25) is 0 Å². The number of thiocarbonyl (C=S) groups is 1. The number of anilines is 1. The van der Waals surface area contributed by atoms with E-state index in [9.17, 15) is 0 Å². The van der Waals surface area contributed by atoms with Gasteiger partial charge in [0.05, 0.1) is 23.9 Å². The van der Waals surface area contributed by atoms with E-state index in [0.717, 1.165) is 40.1 Å². The Hall–Kier alpha value is -3.16. The molecule has 2 aliphatic rings. The molecule has 0 spiro atoms. The van der Waals surface area contributed by atoms with E-state index in [2.05, 4.69) is 105 Å². The molecule has 0 unspecified atom stereocenters. The van der Waals surface area contributed by atoms with Crippen LogP contribution in [0.5, 0.6) is 5.75 Å². The first-order valence-corrected chi connectivity index (χ1v) is 14.4. The number of aromatic nitrogens is 2. The van der Waals surface area contributed by atoms with Crippen LogP contribution < -0.4 is 15.0 Å². The number of halogens is 1. The van der Waals surface area contributed by atoms with Crippen LogP contribution in [0, 0.1) is 13.8 Å². The number of ether oxygens (including phenoxy) is 1. The zero-order valence-electron chi connectivity index (χ0n) is 21.6. The Labute approximate surface area is 238 Å². The smallest absolute Gasteiger partial charge is 0.174 e. The number of nitrogens with zero attached hydrogens (tertiary/aromatic N) is 3. The van der Waals surface area contributed by atoms with Gasteiger partial charge in [-0.3, -0.25) is 4.98 Å². The summed E-state index contributed by atoms with van der Waals surface area (Å²) in [6, 6.07) is 25.0. The van der Waals surface area contributed by atoms with Gasteiger partial charge in [-0.2, -0.15) is 0 Å². The van der Waals surface area contributed by atoms with E-state index in [4.69, 9.17) is 21.9 Å². The van der Waals surface area contributed by atoms with Crippen LogP contribution in [0.25, 0.3) is 5.69 Å². The van der Waals surface area contributed by atoms with Crippen molar-refractivity contribution in [3.05, 3.63) is 106 Å². The summed E-state index contributed by atoms with van der Waals surface area (Å²) in [6.07, 6.45) is 6.98. The Morgan fingerprint density at radius 3 is 2.45 bits per heavy atom. The minimum Gasteiger partial charge on any atom is -0.490 e. The third-order valence-electron chi connectivity index (χ3n) is 7.67. The van der Waals surface area contributed by atoms with E-state index in [1.165, 1.54) is 29.8 Å². The van der Waals surface area contributed by atoms with Crippen molar-refractivity contribution in [1.29, 1.82) is 0 Å². The van der Waals surface area contributed by atoms with E-state index >= 15 is 0 Å². The van der Waals surface area contributed by atoms with E-state index < -0.39 is 0 Å². The lowest BCUT2D eigenvalue weighted by Crippen LogP contribution is -2.29. The molecular weight excluding hydrogens is 556 g/mol. The van der Waals surface area contributed by atoms with Gasteiger partial charge in [0.15, 0.2) is 5.11 Å². The third kappa shape index (κ3) is 4.74. The second-order valence-corrected chi connectivity index (χ2v) is 11.5. The van der Waals surface area contributed by atoms with Crippen LogP contribution in [0.4, 0.5) is 5.69 Å². The molecule has 6 rings (SSSR count). The Morgan fingerprint density at radius 1 is 0.947 bits per heavy atom. The lowest BCUT2D eigenvalue weighted by molar-refractivity contribution is 0.210. The molecule has 7 heteroatoms. The van der Waals surface area contributed by atoms with Crippen molar-refractivity contribution in [2.45, 2.75) is 57.7 Å². The Morgan fingerprint density at radius 2 is 1.74 bits per heavy atom. The molecule has 38 heavy (non-hydrogen) atoms. The maximum atomic E-state index is 6.23. The molecule has 1 saturated carbocycles. The van der Waals surface area contributed by atoms with Gasteiger partial charge in [-0.25, -0.2) is 0 Å². The van der Waals surface area contributed by atoms with E-state index in [1.807, 2.05) is 18.3 Å². The topological polar surface area (TPSA) is 42.3 Å². The zero-order chi connectivity index (χ0) is 26.2. The first-order chi connectivity index (χ1) is 18.5. The van der Waals surface area contributed by atoms with Gasteiger partial charge in [0.2, 0.25) is 0 Å². The van der Waals surface area contributed by atoms with Gasteiger partial charge in [0.1, 0.15) is 5.75 Å². The monoisotopic (exact) mass is 586 g/mol. The van der Waals surface area contributed by atoms with Crippen LogP contribution in [-0.4, -0.2) is 20.8 Å². The number of hydrogen-bond acceptors (Lipinski definition) is 3. The van der Waals surface area contributed by atoms with Gasteiger partial charge in [0, 0.05) is 33.4 Å². The predicted octanol–water partition coefficient (Wildman–Crippen LogP) is 7.75. The molecule has 0 radical (unpaired) electrons. The molecule has 1 N–H and O–H groups in total. The number of pyridine rings is 1. The lowest BCUT2D eigenvalue weighted by atomic mass is 9.96. The number of aryl methyl sites for hydroxylation is 1. The van der Waals surface area contributed by atoms with Crippen molar-refractivity contribution < 1.29 is 4.74 Å². The second kappa shape index (κ2) is 10.5. The number of hydrogen-bond donors (Lipinski definition) is 1. The van der Waals surface area contributed by atoms with E-state index in [0.29, 0.717) is 11.2 Å². The normalized spacial score (nSPS) is 19.7. The van der Waals surface area contributed by atoms with Gasteiger partial charge < -0.3 is 19.5 Å². The molecule has 2 aromatic heterocycles. The van der Waals surface area contributed by atoms with Crippen molar-refractivity contribution in [3.8, 4) is 11.4 Å². The van der Waals surface area contributed by atoms with Crippen LogP contribution >= 0.6 is 28.1 Å². The van der Waals surface area contributed by atoms with Crippen LogP contribution in [0.15, 0.2) is 83.5 Å². The quantitative estimate of drug-likeness (QED) is 0.234. The summed E-state index contributed by atoms with van der Waals surface area (Å²) in [6.45, 7) is 4.35. The van der Waals surface area contributed by atoms with Crippen molar-refractivity contribution in [3.63, 3.8) is 0 Å². The standard InChI is InChI=1S/C31H31BrN4OS/c1-20-18-27(21(2)35(20)24-9-7-8-22(32)19-24)30-29(28-12-5-6-17-33-28)34-31(38)36(30)23-13-15-26(16-14-23)37-25-10-3-4-11-25/h5-9,12-19,25,29-30H,3-4,10-11H2,1-2H3,(H,34,38)/t29-,30+/m1/s1. The molecule has 194 valence electrons. The average Bonchev–Trinajstić information content (AvgIpc) is 3.63. The van der Waals surface area contributed by atoms with Gasteiger partial charge >= 0.3 is 0 Å². The maximum Gasteiger partial charge on any atom is 0.174 e. The second-order valence-electron chi connectivity index (χ2n) is 10.2. The zero-order valence-corrected chi connectivity index (χ0v) is 24.0. The third-order valence-corrected chi connectivity index (χ3v) is 8.48. The summed E-state index contributed by atoms with van der Waals surface area (Å²) in [5.41, 5.74) is 6.71. The fourth-order valence-corrected chi connectivity index (χ4v) is 6.67. The Balaban J connectivity index is 1.41. The van der Waals surface area contributed by atoms with E-state index in [-0.39, 0.29) is 12.1 Å². The highest BCUT2D eigenvalue weighted by atomic mass is 79.9. The molecule has 0 amide bonds. The van der Waals surface area contributed by atoms with Gasteiger partial charge in [0.25, 0.3) is 0 Å². The summed E-state index contributed by atoms with van der Waals surface area (Å²) in [4.78, 5) is 6.95. The fraction of sp³-hybridized carbons (Fsp3) is 0.290. The average molecular weight is 588 g/mol. The van der Waals surface area contributed by atoms with Crippen molar-refractivity contribution in [2.24, 2.45) is 0 Å². The molecule has 2 atom stereocenters. The highest BCUT2D eigenvalue weighted by Crippen LogP contribution is 2.44. The van der Waals surface area contributed by atoms with Gasteiger partial charge in [-0.15, -0.1) is 0 Å². The van der Waals surface area contributed by atoms with Crippen LogP contribution in [0.1, 0.15) is 60.4 Å². The number of nitrogens with one attached hydrogen (secondary N) is 1. The summed E-state index contributed by atoms with van der Waals surface area (Å²) >= 11 is 9.60. The minimum atomic E-state index is -0.0884. The minimum absolute atomic E-state index is 0.0638. The molecule has 2 aromatic carbocycles.